The van der Waals surface area contributed by atoms with Gasteiger partial charge in [-0.1, -0.05) is 0 Å². The monoisotopic (exact) mass is 144 g/mol. The number of hydrogen-bond donors (Lipinski definition) is 2. The molecule has 0 aromatic rings. The number of hydrogen-bond acceptors (Lipinski definition) is 3. The molecule has 10 heavy (non-hydrogen) atoms. The van der Waals surface area contributed by atoms with Gasteiger partial charge in [-0.15, -0.1) is 0 Å². The highest BCUT2D eigenvalue weighted by molar-refractivity contribution is 5.75. The number of amides is 1. The van der Waals surface area contributed by atoms with Crippen LogP contribution in [0.3, 0.4) is 0 Å². The first-order chi connectivity index (χ1) is 4.81. The average Bonchev–Trinajstić information content (AvgIpc) is 1.98. The van der Waals surface area contributed by atoms with E-state index in [0.29, 0.717) is 12.8 Å². The summed E-state index contributed by atoms with van der Waals surface area (Å²) in [5, 5.41) is 0. The molecule has 3 N–H and O–H groups in total. The van der Waals surface area contributed by atoms with Gasteiger partial charge in [0, 0.05) is 12.8 Å². The molecule has 0 aromatic carbocycles. The van der Waals surface area contributed by atoms with Crippen LogP contribution in [0.5, 0.6) is 0 Å². The fourth-order valence-corrected chi connectivity index (χ4v) is 0.585. The van der Waals surface area contributed by atoms with Crippen LogP contribution in [0.2, 0.25) is 0 Å². The Labute approximate surface area is 59.7 Å². The van der Waals surface area contributed by atoms with Crippen LogP contribution in [-0.2, 0) is 9.59 Å². The van der Waals surface area contributed by atoms with Crippen LogP contribution in [0.1, 0.15) is 25.7 Å². The lowest BCUT2D eigenvalue weighted by Crippen LogP contribution is -2.29. The SMILES string of the molecule is NNC(=O)CCCCC=O. The smallest absolute Gasteiger partial charge is 0.233 e. The molecule has 0 aliphatic rings. The molecule has 0 aliphatic heterocycles. The Morgan fingerprint density at radius 1 is 1.50 bits per heavy atom. The molecular formula is C6H12N2O2. The molecule has 0 radical (unpaired) electrons. The van der Waals surface area contributed by atoms with Crippen LogP contribution in [-0.4, -0.2) is 12.2 Å². The molecule has 0 atom stereocenters. The molecular weight excluding hydrogens is 132 g/mol. The molecule has 0 fully saturated rings. The van der Waals surface area contributed by atoms with Crippen molar-refractivity contribution < 1.29 is 9.59 Å². The molecule has 0 bridgehead atoms. The van der Waals surface area contributed by atoms with Gasteiger partial charge in [-0.25, -0.2) is 5.84 Å². The van der Waals surface area contributed by atoms with Gasteiger partial charge < -0.3 is 4.79 Å². The Balaban J connectivity index is 3.03. The fraction of sp³-hybridized carbons (Fsp3) is 0.667. The first kappa shape index (κ1) is 9.10. The van der Waals surface area contributed by atoms with E-state index in [2.05, 4.69) is 0 Å². The summed E-state index contributed by atoms with van der Waals surface area (Å²) < 4.78 is 0. The van der Waals surface area contributed by atoms with Crippen LogP contribution in [0, 0.1) is 0 Å². The van der Waals surface area contributed by atoms with E-state index >= 15 is 0 Å². The third-order valence-corrected chi connectivity index (χ3v) is 1.14. The van der Waals surface area contributed by atoms with Gasteiger partial charge in [0.15, 0.2) is 0 Å². The Morgan fingerprint density at radius 3 is 2.70 bits per heavy atom. The third kappa shape index (κ3) is 5.24. The van der Waals surface area contributed by atoms with Crippen LogP contribution in [0.25, 0.3) is 0 Å². The van der Waals surface area contributed by atoms with E-state index in [9.17, 15) is 9.59 Å². The van der Waals surface area contributed by atoms with Crippen molar-refractivity contribution in [2.24, 2.45) is 5.84 Å². The summed E-state index contributed by atoms with van der Waals surface area (Å²) in [5.74, 6) is 4.64. The second-order valence-electron chi connectivity index (χ2n) is 1.98. The second kappa shape index (κ2) is 6.22. The van der Waals surface area contributed by atoms with E-state index in [1.807, 2.05) is 5.43 Å². The predicted octanol–water partition coefficient (Wildman–Crippen LogP) is -0.264. The normalized spacial score (nSPS) is 8.90. The van der Waals surface area contributed by atoms with Crippen molar-refractivity contribution in [1.82, 2.24) is 5.43 Å². The summed E-state index contributed by atoms with van der Waals surface area (Å²) in [4.78, 5) is 20.2. The highest BCUT2D eigenvalue weighted by Gasteiger charge is 1.95. The number of unbranched alkanes of at least 4 members (excludes halogenated alkanes) is 2. The van der Waals surface area contributed by atoms with E-state index in [1.54, 1.807) is 0 Å². The van der Waals surface area contributed by atoms with Gasteiger partial charge in [0.1, 0.15) is 6.29 Å². The number of aldehydes is 1. The maximum absolute atomic E-state index is 10.5. The average molecular weight is 144 g/mol. The molecule has 0 aliphatic carbocycles. The zero-order chi connectivity index (χ0) is 7.82. The van der Waals surface area contributed by atoms with Crippen molar-refractivity contribution in [2.75, 3.05) is 0 Å². The maximum atomic E-state index is 10.5. The highest BCUT2D eigenvalue weighted by atomic mass is 16.2. The topological polar surface area (TPSA) is 72.2 Å². The quantitative estimate of drug-likeness (QED) is 0.183. The van der Waals surface area contributed by atoms with Crippen LogP contribution in [0.4, 0.5) is 0 Å². The molecule has 0 unspecified atom stereocenters. The van der Waals surface area contributed by atoms with Gasteiger partial charge in [0.25, 0.3) is 0 Å². The second-order valence-corrected chi connectivity index (χ2v) is 1.98. The first-order valence-corrected chi connectivity index (χ1v) is 3.24. The number of nitrogens with two attached hydrogens (primary N) is 1. The van der Waals surface area contributed by atoms with Crippen molar-refractivity contribution in [3.05, 3.63) is 0 Å². The van der Waals surface area contributed by atoms with Crippen molar-refractivity contribution in [3.8, 4) is 0 Å². The lowest BCUT2D eigenvalue weighted by Gasteiger charge is -1.95. The fourth-order valence-electron chi connectivity index (χ4n) is 0.585. The minimum absolute atomic E-state index is 0.175. The van der Waals surface area contributed by atoms with Gasteiger partial charge in [0.05, 0.1) is 0 Å². The van der Waals surface area contributed by atoms with Crippen molar-refractivity contribution >= 4 is 12.2 Å². The molecule has 4 nitrogen and oxygen atoms in total. The Bertz CT molecular complexity index is 114. The first-order valence-electron chi connectivity index (χ1n) is 3.24. The number of carbonyl (C=O) groups excluding carboxylic acids is 2. The van der Waals surface area contributed by atoms with E-state index in [4.69, 9.17) is 5.84 Å². The largest absolute Gasteiger partial charge is 0.303 e. The van der Waals surface area contributed by atoms with Crippen molar-refractivity contribution in [1.29, 1.82) is 0 Å². The predicted molar refractivity (Wildman–Crippen MR) is 36.9 cm³/mol. The van der Waals surface area contributed by atoms with Crippen molar-refractivity contribution in [3.63, 3.8) is 0 Å². The van der Waals surface area contributed by atoms with Crippen molar-refractivity contribution in [2.45, 2.75) is 25.7 Å². The molecule has 0 rings (SSSR count). The third-order valence-electron chi connectivity index (χ3n) is 1.14. The summed E-state index contributed by atoms with van der Waals surface area (Å²) in [6, 6.07) is 0. The number of carbonyl (C=O) groups is 2. The molecule has 58 valence electrons. The van der Waals surface area contributed by atoms with Crippen LogP contribution < -0.4 is 11.3 Å². The summed E-state index contributed by atoms with van der Waals surface area (Å²) in [6.45, 7) is 0. The van der Waals surface area contributed by atoms with E-state index in [-0.39, 0.29) is 5.91 Å². The lowest BCUT2D eigenvalue weighted by atomic mass is 10.2. The van der Waals surface area contributed by atoms with Gasteiger partial charge in [-0.2, -0.15) is 0 Å². The van der Waals surface area contributed by atoms with Crippen LogP contribution >= 0.6 is 0 Å². The minimum Gasteiger partial charge on any atom is -0.303 e. The summed E-state index contributed by atoms with van der Waals surface area (Å²) in [7, 11) is 0. The molecule has 4 heteroatoms. The highest BCUT2D eigenvalue weighted by Crippen LogP contribution is 1.96. The zero-order valence-corrected chi connectivity index (χ0v) is 5.80. The van der Waals surface area contributed by atoms with Gasteiger partial charge in [-0.3, -0.25) is 10.2 Å². The minimum atomic E-state index is -0.175. The molecule has 0 heterocycles. The zero-order valence-electron chi connectivity index (χ0n) is 5.80. The standard InChI is InChI=1S/C6H12N2O2/c7-8-6(10)4-2-1-3-5-9/h5H,1-4,7H2,(H,8,10). The Morgan fingerprint density at radius 2 is 2.20 bits per heavy atom. The summed E-state index contributed by atoms with van der Waals surface area (Å²) in [5.41, 5.74) is 2.01. The molecule has 0 spiro atoms. The molecule has 0 saturated carbocycles. The molecule has 1 amide bonds. The maximum Gasteiger partial charge on any atom is 0.233 e. The lowest BCUT2D eigenvalue weighted by molar-refractivity contribution is -0.121. The molecule has 0 aromatic heterocycles. The van der Waals surface area contributed by atoms with E-state index in [0.717, 1.165) is 19.1 Å². The Kier molecular flexibility index (Phi) is 5.66. The van der Waals surface area contributed by atoms with Crippen LogP contribution in [0.15, 0.2) is 0 Å². The van der Waals surface area contributed by atoms with E-state index in [1.165, 1.54) is 0 Å². The van der Waals surface area contributed by atoms with E-state index < -0.39 is 0 Å². The summed E-state index contributed by atoms with van der Waals surface area (Å²) in [6.07, 6.45) is 3.27. The van der Waals surface area contributed by atoms with Gasteiger partial charge in [0.2, 0.25) is 5.91 Å². The number of rotatable bonds is 5. The number of nitrogens with one attached hydrogen (secondary N) is 1. The Hall–Kier alpha value is -0.900. The van der Waals surface area contributed by atoms with Gasteiger partial charge in [-0.05, 0) is 12.8 Å². The number of hydrazine groups is 1. The molecule has 0 saturated heterocycles. The summed E-state index contributed by atoms with van der Waals surface area (Å²) >= 11 is 0. The van der Waals surface area contributed by atoms with Gasteiger partial charge >= 0.3 is 0 Å².